The largest absolute Gasteiger partial charge is 0.466 e. The SMILES string of the molecule is COC(=O)C1=C(C)NC(C)=C(C(=O)OC(CN(C)Cc2ccccc2)c2ccc[nH]2)C1c1cccc([N+](=O)[O-])c1. The van der Waals surface area contributed by atoms with E-state index in [1.54, 1.807) is 26.1 Å². The summed E-state index contributed by atoms with van der Waals surface area (Å²) in [6, 6.07) is 19.5. The van der Waals surface area contributed by atoms with Gasteiger partial charge in [0.1, 0.15) is 0 Å². The summed E-state index contributed by atoms with van der Waals surface area (Å²) < 4.78 is 11.2. The molecule has 0 bridgehead atoms. The Morgan fingerprint density at radius 1 is 1.00 bits per heavy atom. The van der Waals surface area contributed by atoms with Crippen LogP contribution in [0.5, 0.6) is 0 Å². The maximum Gasteiger partial charge on any atom is 0.337 e. The van der Waals surface area contributed by atoms with Gasteiger partial charge in [-0.25, -0.2) is 9.59 Å². The number of likely N-dealkylation sites (N-methyl/N-ethyl adjacent to an activating group) is 1. The summed E-state index contributed by atoms with van der Waals surface area (Å²) in [6.45, 7) is 4.44. The number of carbonyl (C=O) groups is 2. The lowest BCUT2D eigenvalue weighted by Crippen LogP contribution is -2.34. The Kier molecular flexibility index (Phi) is 8.80. The number of nitrogens with zero attached hydrogens (tertiary/aromatic N) is 2. The van der Waals surface area contributed by atoms with Crippen LogP contribution in [0.4, 0.5) is 5.69 Å². The maximum atomic E-state index is 14.0. The van der Waals surface area contributed by atoms with Gasteiger partial charge in [-0.15, -0.1) is 0 Å². The zero-order valence-electron chi connectivity index (χ0n) is 22.8. The molecule has 1 aliphatic rings. The third-order valence-corrected chi connectivity index (χ3v) is 6.79. The van der Waals surface area contributed by atoms with Gasteiger partial charge < -0.3 is 19.8 Å². The molecule has 0 aliphatic carbocycles. The van der Waals surface area contributed by atoms with E-state index in [0.29, 0.717) is 35.7 Å². The Hall–Kier alpha value is -4.70. The molecule has 1 aliphatic heterocycles. The van der Waals surface area contributed by atoms with Crippen LogP contribution in [0.1, 0.15) is 42.7 Å². The Morgan fingerprint density at radius 2 is 1.70 bits per heavy atom. The second-order valence-corrected chi connectivity index (χ2v) is 9.68. The Labute approximate surface area is 232 Å². The number of benzene rings is 2. The topological polar surface area (TPSA) is 127 Å². The van der Waals surface area contributed by atoms with Crippen molar-refractivity contribution >= 4 is 17.6 Å². The van der Waals surface area contributed by atoms with E-state index in [1.165, 1.54) is 25.3 Å². The van der Waals surface area contributed by atoms with Crippen molar-refractivity contribution in [3.05, 3.63) is 122 Å². The standard InChI is InChI=1S/C30H32N4O6/c1-19-26(29(35)39-4)28(22-12-8-13-23(16-22)34(37)38)27(20(2)32-19)30(36)40-25(24-14-9-15-31-24)18-33(3)17-21-10-6-5-7-11-21/h5-16,25,28,31-32H,17-18H2,1-4H3. The number of rotatable bonds is 10. The van der Waals surface area contributed by atoms with Gasteiger partial charge in [0.2, 0.25) is 0 Å². The number of allylic oxidation sites excluding steroid dienone is 2. The number of methoxy groups -OCH3 is 1. The highest BCUT2D eigenvalue weighted by Gasteiger charge is 2.39. The van der Waals surface area contributed by atoms with Gasteiger partial charge in [0.05, 0.1) is 34.8 Å². The molecule has 1 aromatic heterocycles. The van der Waals surface area contributed by atoms with E-state index >= 15 is 0 Å². The molecule has 2 N–H and O–H groups in total. The maximum absolute atomic E-state index is 14.0. The van der Waals surface area contributed by atoms with Gasteiger partial charge in [0.15, 0.2) is 6.10 Å². The van der Waals surface area contributed by atoms with Crippen molar-refractivity contribution in [3.63, 3.8) is 0 Å². The quantitative estimate of drug-likeness (QED) is 0.213. The van der Waals surface area contributed by atoms with Crippen LogP contribution in [-0.2, 0) is 25.6 Å². The van der Waals surface area contributed by atoms with Crippen molar-refractivity contribution in [2.24, 2.45) is 0 Å². The molecule has 0 saturated carbocycles. The predicted octanol–water partition coefficient (Wildman–Crippen LogP) is 4.75. The van der Waals surface area contributed by atoms with E-state index in [0.717, 1.165) is 5.56 Å². The van der Waals surface area contributed by atoms with Crippen LogP contribution >= 0.6 is 0 Å². The lowest BCUT2D eigenvalue weighted by Gasteiger charge is -2.31. The smallest absolute Gasteiger partial charge is 0.337 e. The van der Waals surface area contributed by atoms with E-state index in [4.69, 9.17) is 9.47 Å². The van der Waals surface area contributed by atoms with Gasteiger partial charge in [0.25, 0.3) is 5.69 Å². The summed E-state index contributed by atoms with van der Waals surface area (Å²) in [7, 11) is 3.19. The second-order valence-electron chi connectivity index (χ2n) is 9.68. The molecule has 0 spiro atoms. The molecule has 10 heteroatoms. The molecule has 0 fully saturated rings. The van der Waals surface area contributed by atoms with Crippen LogP contribution in [-0.4, -0.2) is 47.4 Å². The number of nitro groups is 1. The van der Waals surface area contributed by atoms with E-state index < -0.39 is 28.9 Å². The summed E-state index contributed by atoms with van der Waals surface area (Å²) in [5.41, 5.74) is 3.39. The predicted molar refractivity (Wildman–Crippen MR) is 149 cm³/mol. The highest BCUT2D eigenvalue weighted by molar-refractivity contribution is 6.00. The minimum absolute atomic E-state index is 0.157. The number of hydrogen-bond donors (Lipinski definition) is 2. The third-order valence-electron chi connectivity index (χ3n) is 6.79. The van der Waals surface area contributed by atoms with Crippen molar-refractivity contribution in [1.29, 1.82) is 0 Å². The molecule has 2 aromatic carbocycles. The zero-order valence-corrected chi connectivity index (χ0v) is 22.8. The average Bonchev–Trinajstić information content (AvgIpc) is 3.47. The zero-order chi connectivity index (χ0) is 28.8. The van der Waals surface area contributed by atoms with Crippen LogP contribution in [0.2, 0.25) is 0 Å². The summed E-state index contributed by atoms with van der Waals surface area (Å²) >= 11 is 0. The first-order valence-corrected chi connectivity index (χ1v) is 12.8. The van der Waals surface area contributed by atoms with E-state index in [9.17, 15) is 19.7 Å². The van der Waals surface area contributed by atoms with Gasteiger partial charge in [0, 0.05) is 42.8 Å². The fraction of sp³-hybridized carbons (Fsp3) is 0.267. The molecular weight excluding hydrogens is 512 g/mol. The number of dihydropyridines is 1. The van der Waals surface area contributed by atoms with Crippen molar-refractivity contribution < 1.29 is 24.0 Å². The first kappa shape index (κ1) is 28.3. The molecule has 0 saturated heterocycles. The fourth-order valence-corrected chi connectivity index (χ4v) is 4.98. The lowest BCUT2D eigenvalue weighted by atomic mass is 9.80. The number of esters is 2. The Morgan fingerprint density at radius 3 is 2.33 bits per heavy atom. The van der Waals surface area contributed by atoms with Crippen molar-refractivity contribution in [3.8, 4) is 0 Å². The number of nitrogens with one attached hydrogen (secondary N) is 2. The van der Waals surface area contributed by atoms with Gasteiger partial charge in [-0.05, 0) is 44.2 Å². The number of non-ortho nitro benzene ring substituents is 1. The first-order valence-electron chi connectivity index (χ1n) is 12.8. The van der Waals surface area contributed by atoms with Gasteiger partial charge >= 0.3 is 11.9 Å². The molecule has 2 atom stereocenters. The highest BCUT2D eigenvalue weighted by Crippen LogP contribution is 2.40. The normalized spacial score (nSPS) is 16.0. The minimum atomic E-state index is -0.938. The van der Waals surface area contributed by atoms with Crippen molar-refractivity contribution in [2.75, 3.05) is 20.7 Å². The van der Waals surface area contributed by atoms with E-state index in [2.05, 4.69) is 15.2 Å². The van der Waals surface area contributed by atoms with Crippen molar-refractivity contribution in [2.45, 2.75) is 32.4 Å². The highest BCUT2D eigenvalue weighted by atomic mass is 16.6. The number of nitro benzene ring substituents is 1. The Bertz CT molecular complexity index is 1450. The van der Waals surface area contributed by atoms with E-state index in [1.807, 2.05) is 49.5 Å². The van der Waals surface area contributed by atoms with Gasteiger partial charge in [-0.3, -0.25) is 15.0 Å². The number of hydrogen-bond acceptors (Lipinski definition) is 8. The summed E-state index contributed by atoms with van der Waals surface area (Å²) in [5.74, 6) is -2.24. The molecule has 208 valence electrons. The van der Waals surface area contributed by atoms with Crippen LogP contribution in [0.15, 0.2) is 95.5 Å². The number of aromatic nitrogens is 1. The Balaban J connectivity index is 1.69. The van der Waals surface area contributed by atoms with E-state index in [-0.39, 0.29) is 16.8 Å². The summed E-state index contributed by atoms with van der Waals surface area (Å²) in [4.78, 5) is 43.1. The van der Waals surface area contributed by atoms with Gasteiger partial charge in [-0.1, -0.05) is 42.5 Å². The van der Waals surface area contributed by atoms with Crippen LogP contribution in [0.3, 0.4) is 0 Å². The van der Waals surface area contributed by atoms with Gasteiger partial charge in [-0.2, -0.15) is 0 Å². The fourth-order valence-electron chi connectivity index (χ4n) is 4.98. The number of ether oxygens (including phenoxy) is 2. The second kappa shape index (κ2) is 12.4. The minimum Gasteiger partial charge on any atom is -0.466 e. The van der Waals surface area contributed by atoms with Crippen LogP contribution in [0.25, 0.3) is 0 Å². The molecule has 3 aromatic rings. The monoisotopic (exact) mass is 544 g/mol. The number of carbonyl (C=O) groups excluding carboxylic acids is 2. The van der Waals surface area contributed by atoms with Crippen molar-refractivity contribution in [1.82, 2.24) is 15.2 Å². The molecule has 10 nitrogen and oxygen atoms in total. The number of aromatic amines is 1. The summed E-state index contributed by atoms with van der Waals surface area (Å²) in [5, 5.41) is 14.6. The summed E-state index contributed by atoms with van der Waals surface area (Å²) in [6.07, 6.45) is 1.10. The molecule has 4 rings (SSSR count). The van der Waals surface area contributed by atoms with Crippen LogP contribution < -0.4 is 5.32 Å². The molecule has 0 amide bonds. The molecule has 0 radical (unpaired) electrons. The molecule has 2 unspecified atom stereocenters. The number of H-pyrrole nitrogens is 1. The third kappa shape index (κ3) is 6.29. The average molecular weight is 545 g/mol. The molecule has 2 heterocycles. The molecule has 40 heavy (non-hydrogen) atoms. The lowest BCUT2D eigenvalue weighted by molar-refractivity contribution is -0.384. The van der Waals surface area contributed by atoms with Crippen LogP contribution in [0, 0.1) is 10.1 Å². The first-order chi connectivity index (χ1) is 19.2. The molecular formula is C30H32N4O6.